The van der Waals surface area contributed by atoms with E-state index in [0.29, 0.717) is 0 Å². The molecule has 2 aliphatic carbocycles. The maximum atomic E-state index is 2.45. The Morgan fingerprint density at radius 3 is 1.08 bits per heavy atom. The van der Waals surface area contributed by atoms with Gasteiger partial charge in [0.2, 0.25) is 0 Å². The smallest absolute Gasteiger partial charge is 0.0715 e. The number of nitrogens with zero attached hydrogens (tertiary/aromatic N) is 3. The number of aryl methyl sites for hydroxylation is 1. The standard InChI is InChI=1S/C74H57N3/c1-54-36-38-55(39-37-54)56-42-48-66(49-43-56)76(63-26-10-4-11-27-63)68-30-18-20-59(52-68)74(72-34-16-14-32-70(72)71-33-15-17-35-73(71)74)60-21-19-31-69(53-60)77(64-28-12-5-13-29-64)67-50-44-58(45-51-67)57-40-46-65(47-41-57)75(61-22-6-2-7-23-61)62-24-8-3-9-25-62/h2-4,6-12,14-53H,5,13H2,1H3. The Bertz CT molecular complexity index is 3810. The van der Waals surface area contributed by atoms with Gasteiger partial charge in [-0.05, 0) is 179 Å². The van der Waals surface area contributed by atoms with Crippen LogP contribution in [-0.4, -0.2) is 0 Å². The van der Waals surface area contributed by atoms with E-state index >= 15 is 0 Å². The second-order valence-electron chi connectivity index (χ2n) is 20.1. The van der Waals surface area contributed by atoms with Crippen molar-refractivity contribution in [1.29, 1.82) is 0 Å². The number of fused-ring (bicyclic) bond motifs is 3. The number of benzene rings is 11. The van der Waals surface area contributed by atoms with Crippen molar-refractivity contribution in [3.63, 3.8) is 0 Å². The van der Waals surface area contributed by atoms with Crippen LogP contribution in [-0.2, 0) is 5.41 Å². The normalized spacial score (nSPS) is 13.0. The summed E-state index contributed by atoms with van der Waals surface area (Å²) in [7, 11) is 0. The second kappa shape index (κ2) is 20.5. The van der Waals surface area contributed by atoms with E-state index in [-0.39, 0.29) is 0 Å². The van der Waals surface area contributed by atoms with Crippen LogP contribution in [0.3, 0.4) is 0 Å². The van der Waals surface area contributed by atoms with Crippen LogP contribution in [0.15, 0.2) is 309 Å². The van der Waals surface area contributed by atoms with E-state index in [4.69, 9.17) is 0 Å². The number of hydrogen-bond donors (Lipinski definition) is 0. The fraction of sp³-hybridized carbons (Fsp3) is 0.0541. The highest BCUT2D eigenvalue weighted by molar-refractivity contribution is 5.89. The van der Waals surface area contributed by atoms with Crippen molar-refractivity contribution in [3.05, 3.63) is 337 Å². The van der Waals surface area contributed by atoms with Crippen molar-refractivity contribution < 1.29 is 0 Å². The van der Waals surface area contributed by atoms with Crippen LogP contribution in [0.1, 0.15) is 40.7 Å². The van der Waals surface area contributed by atoms with Crippen molar-refractivity contribution in [2.45, 2.75) is 25.2 Å². The Kier molecular flexibility index (Phi) is 12.6. The molecule has 368 valence electrons. The van der Waals surface area contributed by atoms with E-state index < -0.39 is 5.41 Å². The van der Waals surface area contributed by atoms with Crippen LogP contribution in [0.4, 0.5) is 45.5 Å². The molecule has 0 atom stereocenters. The summed E-state index contributed by atoms with van der Waals surface area (Å²) < 4.78 is 0. The van der Waals surface area contributed by atoms with Gasteiger partial charge in [-0.1, -0.05) is 206 Å². The number of para-hydroxylation sites is 3. The highest BCUT2D eigenvalue weighted by Gasteiger charge is 2.46. The summed E-state index contributed by atoms with van der Waals surface area (Å²) in [4.78, 5) is 7.14. The van der Waals surface area contributed by atoms with Crippen LogP contribution in [0.25, 0.3) is 33.4 Å². The largest absolute Gasteiger partial charge is 0.311 e. The lowest BCUT2D eigenvalue weighted by Crippen LogP contribution is -2.29. The quantitative estimate of drug-likeness (QED) is 0.114. The molecule has 0 aliphatic heterocycles. The Morgan fingerprint density at radius 2 is 0.649 bits per heavy atom. The summed E-state index contributed by atoms with van der Waals surface area (Å²) in [5, 5.41) is 0. The lowest BCUT2D eigenvalue weighted by atomic mass is 9.67. The molecule has 0 aromatic heterocycles. The maximum absolute atomic E-state index is 2.45. The van der Waals surface area contributed by atoms with Gasteiger partial charge >= 0.3 is 0 Å². The average Bonchev–Trinajstić information content (AvgIpc) is 4.00. The van der Waals surface area contributed by atoms with Crippen molar-refractivity contribution >= 4 is 45.5 Å². The summed E-state index contributed by atoms with van der Waals surface area (Å²) in [5.41, 5.74) is 22.9. The molecule has 0 saturated carbocycles. The van der Waals surface area contributed by atoms with E-state index in [9.17, 15) is 0 Å². The van der Waals surface area contributed by atoms with Gasteiger partial charge in [-0.15, -0.1) is 0 Å². The van der Waals surface area contributed by atoms with Crippen LogP contribution >= 0.6 is 0 Å². The molecule has 0 saturated heterocycles. The monoisotopic (exact) mass is 987 g/mol. The van der Waals surface area contributed by atoms with Crippen molar-refractivity contribution in [3.8, 4) is 33.4 Å². The molecule has 3 nitrogen and oxygen atoms in total. The Labute approximate surface area is 453 Å². The fourth-order valence-corrected chi connectivity index (χ4v) is 11.8. The molecule has 3 heteroatoms. The van der Waals surface area contributed by atoms with Crippen molar-refractivity contribution in [2.24, 2.45) is 0 Å². The molecule has 11 aromatic rings. The van der Waals surface area contributed by atoms with Crippen molar-refractivity contribution in [1.82, 2.24) is 0 Å². The van der Waals surface area contributed by atoms with Gasteiger partial charge in [-0.25, -0.2) is 0 Å². The first-order chi connectivity index (χ1) is 38.1. The summed E-state index contributed by atoms with van der Waals surface area (Å²) >= 11 is 0. The molecule has 77 heavy (non-hydrogen) atoms. The molecule has 0 radical (unpaired) electrons. The van der Waals surface area contributed by atoms with E-state index in [1.807, 2.05) is 0 Å². The van der Waals surface area contributed by atoms with Crippen LogP contribution in [0.2, 0.25) is 0 Å². The van der Waals surface area contributed by atoms with E-state index in [2.05, 4.69) is 325 Å². The Balaban J connectivity index is 0.909. The predicted octanol–water partition coefficient (Wildman–Crippen LogP) is 20.0. The molecule has 13 rings (SSSR count). The molecule has 0 N–H and O–H groups in total. The van der Waals surface area contributed by atoms with Gasteiger partial charge in [-0.3, -0.25) is 0 Å². The number of allylic oxidation sites excluding steroid dienone is 3. The van der Waals surface area contributed by atoms with Gasteiger partial charge in [0.15, 0.2) is 0 Å². The minimum Gasteiger partial charge on any atom is -0.311 e. The van der Waals surface area contributed by atoms with Gasteiger partial charge in [0.05, 0.1) is 5.41 Å². The van der Waals surface area contributed by atoms with Gasteiger partial charge in [-0.2, -0.15) is 0 Å². The SMILES string of the molecule is Cc1ccc(-c2ccc(N(c3ccccc3)c3cccc(C4(c5cccc(N(C6=CCCC=C6)c6ccc(-c7ccc(N(c8ccccc8)c8ccccc8)cc7)cc6)c5)c5ccccc5-c5ccccc54)c3)cc2)cc1. The Morgan fingerprint density at radius 1 is 0.299 bits per heavy atom. The van der Waals surface area contributed by atoms with Crippen LogP contribution in [0, 0.1) is 6.92 Å². The van der Waals surface area contributed by atoms with E-state index in [1.165, 1.54) is 61.3 Å². The summed E-state index contributed by atoms with van der Waals surface area (Å²) in [5.74, 6) is 0. The Hall–Kier alpha value is -9.70. The maximum Gasteiger partial charge on any atom is 0.0715 e. The van der Waals surface area contributed by atoms with Gasteiger partial charge in [0, 0.05) is 51.2 Å². The number of rotatable bonds is 13. The zero-order valence-electron chi connectivity index (χ0n) is 43.1. The minimum absolute atomic E-state index is 0.647. The molecular weight excluding hydrogens is 931 g/mol. The predicted molar refractivity (Wildman–Crippen MR) is 324 cm³/mol. The number of anilines is 8. The highest BCUT2D eigenvalue weighted by Crippen LogP contribution is 2.57. The van der Waals surface area contributed by atoms with E-state index in [0.717, 1.165) is 63.9 Å². The van der Waals surface area contributed by atoms with Gasteiger partial charge < -0.3 is 14.7 Å². The van der Waals surface area contributed by atoms with E-state index in [1.54, 1.807) is 0 Å². The first-order valence-electron chi connectivity index (χ1n) is 26.8. The first-order valence-corrected chi connectivity index (χ1v) is 26.8. The molecular formula is C74H57N3. The third-order valence-corrected chi connectivity index (χ3v) is 15.4. The average molecular weight is 988 g/mol. The van der Waals surface area contributed by atoms with Gasteiger partial charge in [0.1, 0.15) is 0 Å². The fourth-order valence-electron chi connectivity index (χ4n) is 11.8. The third-order valence-electron chi connectivity index (χ3n) is 15.4. The minimum atomic E-state index is -0.647. The number of hydrogen-bond acceptors (Lipinski definition) is 3. The lowest BCUT2D eigenvalue weighted by molar-refractivity contribution is 0.768. The van der Waals surface area contributed by atoms with Crippen LogP contribution < -0.4 is 14.7 Å². The third kappa shape index (κ3) is 8.82. The van der Waals surface area contributed by atoms with Crippen molar-refractivity contribution in [2.75, 3.05) is 14.7 Å². The molecule has 0 spiro atoms. The summed E-state index contributed by atoms with van der Waals surface area (Å²) in [6.07, 6.45) is 9.00. The summed E-state index contributed by atoms with van der Waals surface area (Å²) in [6.45, 7) is 2.14. The zero-order valence-corrected chi connectivity index (χ0v) is 43.1. The lowest BCUT2D eigenvalue weighted by Gasteiger charge is -2.36. The van der Waals surface area contributed by atoms with Crippen LogP contribution in [0.5, 0.6) is 0 Å². The molecule has 2 aliphatic rings. The molecule has 0 bridgehead atoms. The zero-order chi connectivity index (χ0) is 51.5. The molecule has 0 amide bonds. The second-order valence-corrected chi connectivity index (χ2v) is 20.1. The topological polar surface area (TPSA) is 9.72 Å². The molecule has 11 aromatic carbocycles. The molecule has 0 fully saturated rings. The molecule has 0 heterocycles. The highest BCUT2D eigenvalue weighted by atomic mass is 15.2. The molecule has 0 unspecified atom stereocenters. The first kappa shape index (κ1) is 47.0. The summed E-state index contributed by atoms with van der Waals surface area (Å²) in [6, 6.07) is 104. The van der Waals surface area contributed by atoms with Gasteiger partial charge in [0.25, 0.3) is 0 Å².